The molecule has 0 saturated heterocycles. The third kappa shape index (κ3) is 2.80. The summed E-state index contributed by atoms with van der Waals surface area (Å²) in [6.07, 6.45) is 2.86. The highest BCUT2D eigenvalue weighted by Crippen LogP contribution is 2.43. The van der Waals surface area contributed by atoms with E-state index in [9.17, 15) is 8.78 Å². The van der Waals surface area contributed by atoms with Crippen molar-refractivity contribution in [3.8, 4) is 22.5 Å². The van der Waals surface area contributed by atoms with E-state index in [-0.39, 0.29) is 35.4 Å². The molecule has 148 valence electrons. The summed E-state index contributed by atoms with van der Waals surface area (Å²) in [4.78, 5) is 8.00. The van der Waals surface area contributed by atoms with Crippen molar-refractivity contribution in [1.82, 2.24) is 29.9 Å². The average Bonchev–Trinajstić information content (AvgIpc) is 3.37. The second-order valence-corrected chi connectivity index (χ2v) is 6.98. The third-order valence-corrected chi connectivity index (χ3v) is 5.10. The zero-order valence-electron chi connectivity index (χ0n) is 19.9. The van der Waals surface area contributed by atoms with Gasteiger partial charge in [0.15, 0.2) is 5.65 Å². The summed E-state index contributed by atoms with van der Waals surface area (Å²) in [7, 11) is 0. The number of fused-ring (bicyclic) bond motifs is 2. The SMILES string of the molecule is [2H]C([2H])([2H])[C@]1(C([2H])([2H])F)CCc2c(-c3c(F)cnc4[nH]ncc34)c(-c3ccc(F)cn3)nn2C1. The van der Waals surface area contributed by atoms with Crippen molar-refractivity contribution in [2.45, 2.75) is 26.2 Å². The Kier molecular flexibility index (Phi) is 2.89. The van der Waals surface area contributed by atoms with E-state index in [1.807, 2.05) is 0 Å². The van der Waals surface area contributed by atoms with E-state index < -0.39 is 37.1 Å². The van der Waals surface area contributed by atoms with E-state index in [1.165, 1.54) is 16.9 Å². The van der Waals surface area contributed by atoms with Crippen molar-refractivity contribution in [2.75, 3.05) is 6.63 Å². The summed E-state index contributed by atoms with van der Waals surface area (Å²) in [5.74, 6) is -1.31. The van der Waals surface area contributed by atoms with Crippen LogP contribution in [-0.2, 0) is 13.0 Å². The minimum atomic E-state index is -3.55. The lowest BCUT2D eigenvalue weighted by Crippen LogP contribution is -2.32. The van der Waals surface area contributed by atoms with Gasteiger partial charge >= 0.3 is 0 Å². The quantitative estimate of drug-likeness (QED) is 0.559. The van der Waals surface area contributed by atoms with Gasteiger partial charge in [0.25, 0.3) is 0 Å². The lowest BCUT2D eigenvalue weighted by molar-refractivity contribution is 0.155. The minimum absolute atomic E-state index is 0.0748. The molecule has 0 spiro atoms. The monoisotopic (exact) mass is 403 g/mol. The van der Waals surface area contributed by atoms with Gasteiger partial charge in [0.05, 0.1) is 33.7 Å². The average molecular weight is 403 g/mol. The second-order valence-electron chi connectivity index (χ2n) is 6.98. The number of nitrogens with one attached hydrogen (secondary N) is 1. The molecule has 1 N–H and O–H groups in total. The molecule has 0 fully saturated rings. The van der Waals surface area contributed by atoms with E-state index in [1.54, 1.807) is 0 Å². The predicted molar refractivity (Wildman–Crippen MR) is 101 cm³/mol. The van der Waals surface area contributed by atoms with E-state index in [0.29, 0.717) is 16.7 Å². The first-order chi connectivity index (χ1) is 15.9. The van der Waals surface area contributed by atoms with Crippen molar-refractivity contribution < 1.29 is 20.0 Å². The Bertz CT molecular complexity index is 1380. The minimum Gasteiger partial charge on any atom is -0.268 e. The zero-order chi connectivity index (χ0) is 24.5. The maximum Gasteiger partial charge on any atom is 0.155 e. The Hall–Kier alpha value is -3.23. The molecule has 0 aromatic carbocycles. The molecule has 1 atom stereocenters. The van der Waals surface area contributed by atoms with Crippen LogP contribution in [0.3, 0.4) is 0 Å². The van der Waals surface area contributed by atoms with Crippen molar-refractivity contribution in [2.24, 2.45) is 5.41 Å². The van der Waals surface area contributed by atoms with E-state index in [4.69, 9.17) is 6.85 Å². The molecule has 5 rings (SSSR count). The Morgan fingerprint density at radius 3 is 2.90 bits per heavy atom. The smallest absolute Gasteiger partial charge is 0.155 e. The van der Waals surface area contributed by atoms with Gasteiger partial charge < -0.3 is 0 Å². The highest BCUT2D eigenvalue weighted by molar-refractivity contribution is 5.97. The van der Waals surface area contributed by atoms with Crippen LogP contribution in [0.25, 0.3) is 33.5 Å². The molecule has 0 saturated carbocycles. The van der Waals surface area contributed by atoms with Gasteiger partial charge in [-0.15, -0.1) is 0 Å². The number of alkyl halides is 1. The molecule has 0 amide bonds. The van der Waals surface area contributed by atoms with Crippen molar-refractivity contribution in [3.63, 3.8) is 0 Å². The molecule has 0 bridgehead atoms. The summed E-state index contributed by atoms with van der Waals surface area (Å²) in [5.41, 5.74) is -1.09. The van der Waals surface area contributed by atoms with Gasteiger partial charge in [0.2, 0.25) is 0 Å². The molecule has 4 aromatic rings. The van der Waals surface area contributed by atoms with Crippen molar-refractivity contribution in [1.29, 1.82) is 0 Å². The molecule has 4 aromatic heterocycles. The molecule has 6 nitrogen and oxygen atoms in total. The lowest BCUT2D eigenvalue weighted by Gasteiger charge is -2.31. The second kappa shape index (κ2) is 6.40. The number of aromatic nitrogens is 6. The molecule has 1 aliphatic heterocycles. The summed E-state index contributed by atoms with van der Waals surface area (Å²) in [6, 6.07) is 2.48. The van der Waals surface area contributed by atoms with E-state index in [2.05, 4.69) is 25.3 Å². The number of aromatic amines is 1. The number of rotatable bonds is 3. The van der Waals surface area contributed by atoms with Gasteiger partial charge in [-0.25, -0.2) is 13.8 Å². The number of nitrogens with zero attached hydrogens (tertiary/aromatic N) is 5. The number of hydrogen-bond acceptors (Lipinski definition) is 4. The number of halogens is 3. The van der Waals surface area contributed by atoms with Crippen LogP contribution in [0.5, 0.6) is 0 Å². The van der Waals surface area contributed by atoms with Gasteiger partial charge in [0.1, 0.15) is 17.3 Å². The normalized spacial score (nSPS) is 22.4. The van der Waals surface area contributed by atoms with Crippen LogP contribution in [0, 0.1) is 17.0 Å². The van der Waals surface area contributed by atoms with E-state index >= 15 is 4.39 Å². The van der Waals surface area contributed by atoms with Crippen LogP contribution in [0.15, 0.2) is 30.7 Å². The Balaban J connectivity index is 1.80. The topological polar surface area (TPSA) is 72.3 Å². The Morgan fingerprint density at radius 1 is 1.24 bits per heavy atom. The van der Waals surface area contributed by atoms with Crippen LogP contribution in [0.2, 0.25) is 0 Å². The zero-order valence-corrected chi connectivity index (χ0v) is 14.9. The van der Waals surface area contributed by atoms with Crippen molar-refractivity contribution in [3.05, 3.63) is 48.1 Å². The summed E-state index contributed by atoms with van der Waals surface area (Å²) < 4.78 is 83.6. The van der Waals surface area contributed by atoms with Crippen molar-refractivity contribution >= 4 is 11.0 Å². The number of pyridine rings is 2. The van der Waals surface area contributed by atoms with Crippen LogP contribution < -0.4 is 0 Å². The van der Waals surface area contributed by atoms with Crippen LogP contribution in [-0.4, -0.2) is 36.6 Å². The van der Waals surface area contributed by atoms with Crippen LogP contribution >= 0.6 is 0 Å². The fraction of sp³-hybridized carbons (Fsp3) is 0.300. The van der Waals surface area contributed by atoms with Gasteiger partial charge in [-0.1, -0.05) is 6.85 Å². The van der Waals surface area contributed by atoms with Crippen LogP contribution in [0.1, 0.15) is 25.8 Å². The standard InChI is InChI=1S/C20H17F3N6/c1-20(9-21)5-4-15-17(16-12-7-26-27-19(12)25-8-13(16)23)18(28-29(15)10-20)14-3-2-11(22)6-24-14/h2-3,6-8H,4-5,9-10H2,1H3,(H,25,26,27)/t20-/m1/s1/i1D3,9D2. The number of hydrogen-bond donors (Lipinski definition) is 1. The number of H-pyrrole nitrogens is 1. The molecule has 29 heavy (non-hydrogen) atoms. The third-order valence-electron chi connectivity index (χ3n) is 5.10. The highest BCUT2D eigenvalue weighted by atomic mass is 19.1. The fourth-order valence-corrected chi connectivity index (χ4v) is 3.71. The first-order valence-electron chi connectivity index (χ1n) is 11.3. The Morgan fingerprint density at radius 2 is 2.14 bits per heavy atom. The maximum absolute atomic E-state index is 15.2. The van der Waals surface area contributed by atoms with E-state index in [0.717, 1.165) is 18.5 Å². The molecule has 9 heteroatoms. The van der Waals surface area contributed by atoms with Gasteiger partial charge in [-0.3, -0.25) is 19.2 Å². The molecule has 0 aliphatic carbocycles. The van der Waals surface area contributed by atoms with Gasteiger partial charge in [-0.2, -0.15) is 10.2 Å². The van der Waals surface area contributed by atoms with Crippen LogP contribution in [0.4, 0.5) is 13.2 Å². The Labute approximate surface area is 170 Å². The highest BCUT2D eigenvalue weighted by Gasteiger charge is 2.35. The molecule has 1 aliphatic rings. The molecular formula is C20H17F3N6. The predicted octanol–water partition coefficient (Wildman–Crippen LogP) is 4.08. The lowest BCUT2D eigenvalue weighted by atomic mass is 9.82. The first kappa shape index (κ1) is 13.1. The summed E-state index contributed by atoms with van der Waals surface area (Å²) >= 11 is 0. The summed E-state index contributed by atoms with van der Waals surface area (Å²) in [6.45, 7) is -7.14. The first-order valence-corrected chi connectivity index (χ1v) is 8.81. The maximum atomic E-state index is 15.2. The summed E-state index contributed by atoms with van der Waals surface area (Å²) in [5, 5.41) is 11.3. The largest absolute Gasteiger partial charge is 0.268 e. The fourth-order valence-electron chi connectivity index (χ4n) is 3.71. The molecule has 0 radical (unpaired) electrons. The van der Waals surface area contributed by atoms with Gasteiger partial charge in [0, 0.05) is 38.3 Å². The molecule has 0 unspecified atom stereocenters. The van der Waals surface area contributed by atoms with Gasteiger partial charge in [-0.05, 0) is 25.0 Å². The molecule has 5 heterocycles. The molecular weight excluding hydrogens is 381 g/mol.